The summed E-state index contributed by atoms with van der Waals surface area (Å²) in [4.78, 5) is 7.71. The molecular formula is C17H21F3N4O2. The number of hydrogen-bond donors (Lipinski definition) is 2. The zero-order valence-electron chi connectivity index (χ0n) is 14.7. The average Bonchev–Trinajstić information content (AvgIpc) is 3.03. The first-order chi connectivity index (χ1) is 12.3. The fraction of sp³-hybridized carbons (Fsp3) is 0.412. The molecule has 2 rings (SSSR count). The number of pyridine rings is 1. The van der Waals surface area contributed by atoms with Gasteiger partial charge in [0.05, 0.1) is 12.6 Å². The first kappa shape index (κ1) is 19.6. The summed E-state index contributed by atoms with van der Waals surface area (Å²) < 4.78 is 49.3. The minimum absolute atomic E-state index is 0.00493. The molecule has 0 saturated heterocycles. The van der Waals surface area contributed by atoms with Gasteiger partial charge in [0.15, 0.2) is 5.96 Å². The Morgan fingerprint density at radius 2 is 2.12 bits per heavy atom. The monoisotopic (exact) mass is 370 g/mol. The Morgan fingerprint density at radius 1 is 1.35 bits per heavy atom. The van der Waals surface area contributed by atoms with Crippen LogP contribution in [0.2, 0.25) is 0 Å². The van der Waals surface area contributed by atoms with Crippen molar-refractivity contribution in [3.63, 3.8) is 0 Å². The molecule has 0 saturated carbocycles. The summed E-state index contributed by atoms with van der Waals surface area (Å²) in [6.07, 6.45) is -3.25. The first-order valence-electron chi connectivity index (χ1n) is 7.99. The third-order valence-electron chi connectivity index (χ3n) is 3.47. The number of rotatable bonds is 6. The molecule has 0 amide bonds. The second kappa shape index (κ2) is 8.59. The Kier molecular flexibility index (Phi) is 6.48. The molecule has 0 aliphatic carbocycles. The number of nitrogens with zero attached hydrogens (tertiary/aromatic N) is 2. The van der Waals surface area contributed by atoms with Crippen LogP contribution in [0.5, 0.6) is 5.88 Å². The number of aromatic nitrogens is 1. The molecule has 2 N–H and O–H groups in total. The molecular weight excluding hydrogens is 349 g/mol. The van der Waals surface area contributed by atoms with E-state index in [9.17, 15) is 13.2 Å². The number of guanidine groups is 1. The van der Waals surface area contributed by atoms with E-state index in [2.05, 4.69) is 20.6 Å². The Bertz CT molecular complexity index is 744. The predicted octanol–water partition coefficient (Wildman–Crippen LogP) is 3.31. The number of alkyl halides is 3. The Balaban J connectivity index is 1.83. The summed E-state index contributed by atoms with van der Waals surface area (Å²) in [6, 6.07) is 5.76. The molecule has 2 heterocycles. The van der Waals surface area contributed by atoms with Crippen molar-refractivity contribution in [3.05, 3.63) is 47.5 Å². The fourth-order valence-electron chi connectivity index (χ4n) is 2.20. The maximum atomic E-state index is 12.9. The topological polar surface area (TPSA) is 71.7 Å². The van der Waals surface area contributed by atoms with Crippen LogP contribution in [0.4, 0.5) is 13.2 Å². The average molecular weight is 370 g/mol. The van der Waals surface area contributed by atoms with Gasteiger partial charge in [-0.2, -0.15) is 13.2 Å². The molecule has 2 aromatic heterocycles. The maximum Gasteiger partial charge on any atom is 0.421 e. The molecule has 0 aromatic carbocycles. The maximum absolute atomic E-state index is 12.9. The van der Waals surface area contributed by atoms with Gasteiger partial charge >= 0.3 is 6.18 Å². The van der Waals surface area contributed by atoms with E-state index in [0.717, 1.165) is 17.6 Å². The number of hydrogen-bond acceptors (Lipinski definition) is 4. The van der Waals surface area contributed by atoms with Crippen molar-refractivity contribution in [2.75, 3.05) is 20.2 Å². The molecule has 1 unspecified atom stereocenters. The van der Waals surface area contributed by atoms with E-state index in [1.807, 2.05) is 26.0 Å². The quantitative estimate of drug-likeness (QED) is 0.464. The molecule has 0 fully saturated rings. The summed E-state index contributed by atoms with van der Waals surface area (Å²) >= 11 is 0. The van der Waals surface area contributed by atoms with Crippen LogP contribution in [0, 0.1) is 6.92 Å². The molecule has 2 aromatic rings. The summed E-state index contributed by atoms with van der Waals surface area (Å²) in [5.74, 6) is 1.60. The van der Waals surface area contributed by atoms with Crippen LogP contribution >= 0.6 is 0 Å². The SMILES string of the molecule is CN=C(NCCOc1ncccc1C(F)(F)F)NC(C)c1ccc(C)o1. The summed E-state index contributed by atoms with van der Waals surface area (Å²) in [5.41, 5.74) is -0.899. The van der Waals surface area contributed by atoms with Crippen LogP contribution < -0.4 is 15.4 Å². The molecule has 26 heavy (non-hydrogen) atoms. The van der Waals surface area contributed by atoms with Gasteiger partial charge in [0.2, 0.25) is 5.88 Å². The van der Waals surface area contributed by atoms with Gasteiger partial charge < -0.3 is 19.8 Å². The number of halogens is 3. The second-order valence-electron chi connectivity index (χ2n) is 5.52. The molecule has 142 valence electrons. The number of aryl methyl sites for hydroxylation is 1. The van der Waals surface area contributed by atoms with Crippen molar-refractivity contribution in [2.45, 2.75) is 26.1 Å². The van der Waals surface area contributed by atoms with Gasteiger partial charge in [-0.3, -0.25) is 4.99 Å². The highest BCUT2D eigenvalue weighted by Crippen LogP contribution is 2.34. The van der Waals surface area contributed by atoms with Gasteiger partial charge in [0.25, 0.3) is 0 Å². The van der Waals surface area contributed by atoms with Crippen molar-refractivity contribution in [2.24, 2.45) is 4.99 Å². The minimum atomic E-state index is -4.51. The van der Waals surface area contributed by atoms with E-state index in [1.165, 1.54) is 12.3 Å². The molecule has 0 bridgehead atoms. The van der Waals surface area contributed by atoms with Crippen LogP contribution in [-0.4, -0.2) is 31.1 Å². The summed E-state index contributed by atoms with van der Waals surface area (Å²) in [5, 5.41) is 6.09. The summed E-state index contributed by atoms with van der Waals surface area (Å²) in [6.45, 7) is 4.01. The van der Waals surface area contributed by atoms with Gasteiger partial charge in [-0.1, -0.05) is 0 Å². The van der Waals surface area contributed by atoms with Gasteiger partial charge in [-0.05, 0) is 38.1 Å². The van der Waals surface area contributed by atoms with Crippen LogP contribution in [-0.2, 0) is 6.18 Å². The lowest BCUT2D eigenvalue weighted by molar-refractivity contribution is -0.139. The minimum Gasteiger partial charge on any atom is -0.475 e. The molecule has 0 aliphatic heterocycles. The summed E-state index contributed by atoms with van der Waals surface area (Å²) in [7, 11) is 1.59. The van der Waals surface area contributed by atoms with E-state index in [4.69, 9.17) is 9.15 Å². The molecule has 0 radical (unpaired) electrons. The van der Waals surface area contributed by atoms with Crippen molar-refractivity contribution in [3.8, 4) is 5.88 Å². The predicted molar refractivity (Wildman–Crippen MR) is 91.1 cm³/mol. The zero-order valence-corrected chi connectivity index (χ0v) is 14.7. The van der Waals surface area contributed by atoms with Gasteiger partial charge in [0, 0.05) is 13.2 Å². The van der Waals surface area contributed by atoms with Crippen molar-refractivity contribution >= 4 is 5.96 Å². The lowest BCUT2D eigenvalue weighted by Gasteiger charge is -2.17. The van der Waals surface area contributed by atoms with Crippen LogP contribution in [0.1, 0.15) is 30.0 Å². The smallest absolute Gasteiger partial charge is 0.421 e. The number of aliphatic imine (C=N–C) groups is 1. The highest BCUT2D eigenvalue weighted by Gasteiger charge is 2.34. The molecule has 6 nitrogen and oxygen atoms in total. The molecule has 0 aliphatic rings. The van der Waals surface area contributed by atoms with Crippen molar-refractivity contribution in [1.29, 1.82) is 0 Å². The number of nitrogens with one attached hydrogen (secondary N) is 2. The lowest BCUT2D eigenvalue weighted by atomic mass is 10.2. The zero-order chi connectivity index (χ0) is 19.2. The largest absolute Gasteiger partial charge is 0.475 e. The normalized spacial score (nSPS) is 13.4. The van der Waals surface area contributed by atoms with E-state index in [0.29, 0.717) is 5.96 Å². The highest BCUT2D eigenvalue weighted by molar-refractivity contribution is 5.79. The molecule has 1 atom stereocenters. The van der Waals surface area contributed by atoms with Gasteiger partial charge in [0.1, 0.15) is 23.7 Å². The van der Waals surface area contributed by atoms with Gasteiger partial charge in [-0.25, -0.2) is 4.98 Å². The van der Waals surface area contributed by atoms with Crippen LogP contribution in [0.25, 0.3) is 0 Å². The molecule has 9 heteroatoms. The highest BCUT2D eigenvalue weighted by atomic mass is 19.4. The van der Waals surface area contributed by atoms with E-state index < -0.39 is 17.6 Å². The Morgan fingerprint density at radius 3 is 2.73 bits per heavy atom. The van der Waals surface area contributed by atoms with Crippen molar-refractivity contribution in [1.82, 2.24) is 15.6 Å². The van der Waals surface area contributed by atoms with Gasteiger partial charge in [-0.15, -0.1) is 0 Å². The third-order valence-corrected chi connectivity index (χ3v) is 3.47. The van der Waals surface area contributed by atoms with Crippen LogP contribution in [0.15, 0.2) is 39.9 Å². The second-order valence-corrected chi connectivity index (χ2v) is 5.52. The number of ether oxygens (including phenoxy) is 1. The standard InChI is InChI=1S/C17H21F3N4O2/c1-11-6-7-14(26-11)12(2)24-16(21-3)23-9-10-25-15-13(17(18,19)20)5-4-8-22-15/h4-8,12H,9-10H2,1-3H3,(H2,21,23,24). The molecule has 0 spiro atoms. The fourth-order valence-corrected chi connectivity index (χ4v) is 2.20. The van der Waals surface area contributed by atoms with Crippen molar-refractivity contribution < 1.29 is 22.3 Å². The first-order valence-corrected chi connectivity index (χ1v) is 7.99. The number of furan rings is 1. The van der Waals surface area contributed by atoms with E-state index in [1.54, 1.807) is 7.05 Å². The third kappa shape index (κ3) is 5.40. The Hall–Kier alpha value is -2.71. The lowest BCUT2D eigenvalue weighted by Crippen LogP contribution is -2.40. The van der Waals surface area contributed by atoms with E-state index in [-0.39, 0.29) is 19.2 Å². The Labute approximate surface area is 149 Å². The van der Waals surface area contributed by atoms with Crippen LogP contribution in [0.3, 0.4) is 0 Å². The van der Waals surface area contributed by atoms with E-state index >= 15 is 0 Å².